The number of carbonyl (C=O) groups excluding carboxylic acids is 1. The monoisotopic (exact) mass is 464 g/mol. The summed E-state index contributed by atoms with van der Waals surface area (Å²) in [5.74, 6) is 2.57. The Morgan fingerprint density at radius 3 is 2.10 bits per heavy atom. The first-order valence-corrected chi connectivity index (χ1v) is 10.1. The number of hydrogen-bond acceptors (Lipinski definition) is 7. The van der Waals surface area contributed by atoms with Gasteiger partial charge in [0.25, 0.3) is 0 Å². The van der Waals surface area contributed by atoms with Gasteiger partial charge in [0.05, 0.1) is 25.8 Å². The average molecular weight is 465 g/mol. The fraction of sp³-hybridized carbons (Fsp3) is 0.450. The molecule has 2 aromatic rings. The van der Waals surface area contributed by atoms with Crippen LogP contribution in [0, 0.1) is 0 Å². The first-order chi connectivity index (χ1) is 14.0. The van der Waals surface area contributed by atoms with E-state index in [2.05, 4.69) is 30.8 Å². The molecule has 0 radical (unpaired) electrons. The molecule has 1 saturated heterocycles. The number of benzene rings is 1. The van der Waals surface area contributed by atoms with Gasteiger partial charge in [-0.1, -0.05) is 0 Å². The normalized spacial score (nSPS) is 13.9. The standard InChI is InChI=1S/C20H25BrN4O4/c1-27-16-10-14(11-17(28-2)19(16)29-3)4-5-18(26)24-6-8-25(9-7-24)20-22-12-15(21)13-23-20/h10-13H,4-9H2,1-3H3. The molecule has 0 atom stereocenters. The van der Waals surface area contributed by atoms with Crippen LogP contribution in [0.5, 0.6) is 17.2 Å². The quantitative estimate of drug-likeness (QED) is 0.622. The third kappa shape index (κ3) is 5.09. The number of ether oxygens (including phenoxy) is 3. The van der Waals surface area contributed by atoms with E-state index in [1.807, 2.05) is 17.0 Å². The van der Waals surface area contributed by atoms with Crippen molar-refractivity contribution in [3.05, 3.63) is 34.6 Å². The van der Waals surface area contributed by atoms with Gasteiger partial charge >= 0.3 is 0 Å². The van der Waals surface area contributed by atoms with E-state index in [4.69, 9.17) is 14.2 Å². The maximum absolute atomic E-state index is 12.7. The summed E-state index contributed by atoms with van der Waals surface area (Å²) in [4.78, 5) is 25.3. The zero-order valence-corrected chi connectivity index (χ0v) is 18.4. The van der Waals surface area contributed by atoms with Crippen molar-refractivity contribution in [1.29, 1.82) is 0 Å². The lowest BCUT2D eigenvalue weighted by atomic mass is 10.1. The highest BCUT2D eigenvalue weighted by Gasteiger charge is 2.22. The summed E-state index contributed by atoms with van der Waals surface area (Å²) >= 11 is 3.34. The second kappa shape index (κ2) is 9.78. The molecule has 1 aliphatic rings. The maximum Gasteiger partial charge on any atom is 0.225 e. The lowest BCUT2D eigenvalue weighted by Crippen LogP contribution is -2.49. The number of hydrogen-bond donors (Lipinski definition) is 0. The molecule has 1 aromatic heterocycles. The summed E-state index contributed by atoms with van der Waals surface area (Å²) in [6.45, 7) is 2.76. The third-order valence-electron chi connectivity index (χ3n) is 4.87. The number of aromatic nitrogens is 2. The number of nitrogens with zero attached hydrogens (tertiary/aromatic N) is 4. The predicted octanol–water partition coefficient (Wildman–Crippen LogP) is 2.55. The first kappa shape index (κ1) is 21.2. The molecule has 1 fully saturated rings. The minimum atomic E-state index is 0.134. The van der Waals surface area contributed by atoms with E-state index in [0.29, 0.717) is 49.1 Å². The maximum atomic E-state index is 12.7. The predicted molar refractivity (Wildman–Crippen MR) is 113 cm³/mol. The fourth-order valence-electron chi connectivity index (χ4n) is 3.31. The smallest absolute Gasteiger partial charge is 0.225 e. The molecule has 156 valence electrons. The Morgan fingerprint density at radius 1 is 1.00 bits per heavy atom. The van der Waals surface area contributed by atoms with Gasteiger partial charge in [0.1, 0.15) is 0 Å². The summed E-state index contributed by atoms with van der Waals surface area (Å²) in [6.07, 6.45) is 4.49. The number of aryl methyl sites for hydroxylation is 1. The third-order valence-corrected chi connectivity index (χ3v) is 5.28. The molecule has 0 saturated carbocycles. The molecule has 1 amide bonds. The Bertz CT molecular complexity index is 814. The van der Waals surface area contributed by atoms with E-state index in [0.717, 1.165) is 23.1 Å². The van der Waals surface area contributed by atoms with Crippen molar-refractivity contribution < 1.29 is 19.0 Å². The van der Waals surface area contributed by atoms with Gasteiger partial charge in [-0.3, -0.25) is 4.79 Å². The van der Waals surface area contributed by atoms with Gasteiger partial charge in [-0.25, -0.2) is 9.97 Å². The van der Waals surface area contributed by atoms with Crippen LogP contribution < -0.4 is 19.1 Å². The molecule has 2 heterocycles. The van der Waals surface area contributed by atoms with Crippen LogP contribution in [-0.2, 0) is 11.2 Å². The van der Waals surface area contributed by atoms with Crippen LogP contribution in [0.1, 0.15) is 12.0 Å². The van der Waals surface area contributed by atoms with Crippen molar-refractivity contribution in [2.24, 2.45) is 0 Å². The molecule has 0 bridgehead atoms. The lowest BCUT2D eigenvalue weighted by Gasteiger charge is -2.34. The summed E-state index contributed by atoms with van der Waals surface area (Å²) in [7, 11) is 4.74. The van der Waals surface area contributed by atoms with Crippen molar-refractivity contribution in [1.82, 2.24) is 14.9 Å². The highest BCUT2D eigenvalue weighted by Crippen LogP contribution is 2.38. The molecule has 0 aliphatic carbocycles. The van der Waals surface area contributed by atoms with E-state index in [9.17, 15) is 4.79 Å². The Hall–Kier alpha value is -2.55. The largest absolute Gasteiger partial charge is 0.493 e. The summed E-state index contributed by atoms with van der Waals surface area (Å²) < 4.78 is 17.0. The van der Waals surface area contributed by atoms with Gasteiger partial charge in [0.2, 0.25) is 17.6 Å². The zero-order chi connectivity index (χ0) is 20.8. The fourth-order valence-corrected chi connectivity index (χ4v) is 3.52. The van der Waals surface area contributed by atoms with Crippen LogP contribution >= 0.6 is 15.9 Å². The lowest BCUT2D eigenvalue weighted by molar-refractivity contribution is -0.131. The van der Waals surface area contributed by atoms with E-state index in [1.54, 1.807) is 33.7 Å². The highest BCUT2D eigenvalue weighted by molar-refractivity contribution is 9.10. The molecule has 9 heteroatoms. The van der Waals surface area contributed by atoms with Crippen molar-refractivity contribution in [2.45, 2.75) is 12.8 Å². The van der Waals surface area contributed by atoms with Gasteiger partial charge in [0.15, 0.2) is 11.5 Å². The second-order valence-electron chi connectivity index (χ2n) is 6.60. The van der Waals surface area contributed by atoms with Gasteiger partial charge in [-0.2, -0.15) is 0 Å². The first-order valence-electron chi connectivity index (χ1n) is 9.35. The Morgan fingerprint density at radius 2 is 1.59 bits per heavy atom. The average Bonchev–Trinajstić information content (AvgIpc) is 2.77. The summed E-state index contributed by atoms with van der Waals surface area (Å²) in [5, 5.41) is 0. The molecule has 3 rings (SSSR count). The number of amides is 1. The van der Waals surface area contributed by atoms with Crippen LogP contribution in [0.4, 0.5) is 5.95 Å². The van der Waals surface area contributed by atoms with Crippen LogP contribution in [-0.4, -0.2) is 68.3 Å². The number of piperazine rings is 1. The number of methoxy groups -OCH3 is 3. The van der Waals surface area contributed by atoms with Crippen molar-refractivity contribution in [2.75, 3.05) is 52.4 Å². The topological polar surface area (TPSA) is 77.0 Å². The summed E-state index contributed by atoms with van der Waals surface area (Å²) in [6, 6.07) is 3.77. The van der Waals surface area contributed by atoms with Gasteiger partial charge in [-0.15, -0.1) is 0 Å². The molecular formula is C20H25BrN4O4. The van der Waals surface area contributed by atoms with E-state index in [1.165, 1.54) is 0 Å². The van der Waals surface area contributed by atoms with Crippen LogP contribution in [0.2, 0.25) is 0 Å². The van der Waals surface area contributed by atoms with Gasteiger partial charge < -0.3 is 24.0 Å². The number of rotatable bonds is 7. The number of carbonyl (C=O) groups is 1. The molecule has 0 unspecified atom stereocenters. The minimum absolute atomic E-state index is 0.134. The van der Waals surface area contributed by atoms with Gasteiger partial charge in [0, 0.05) is 45.0 Å². The summed E-state index contributed by atoms with van der Waals surface area (Å²) in [5.41, 5.74) is 0.967. The van der Waals surface area contributed by atoms with Crippen molar-refractivity contribution in [3.8, 4) is 17.2 Å². The molecule has 29 heavy (non-hydrogen) atoms. The number of anilines is 1. The minimum Gasteiger partial charge on any atom is -0.493 e. The molecule has 0 N–H and O–H groups in total. The van der Waals surface area contributed by atoms with E-state index >= 15 is 0 Å². The molecule has 1 aliphatic heterocycles. The van der Waals surface area contributed by atoms with E-state index in [-0.39, 0.29) is 5.91 Å². The van der Waals surface area contributed by atoms with Crippen LogP contribution in [0.25, 0.3) is 0 Å². The Balaban J connectivity index is 1.56. The van der Waals surface area contributed by atoms with Crippen LogP contribution in [0.15, 0.2) is 29.0 Å². The van der Waals surface area contributed by atoms with Crippen LogP contribution in [0.3, 0.4) is 0 Å². The van der Waals surface area contributed by atoms with Crippen molar-refractivity contribution in [3.63, 3.8) is 0 Å². The molecule has 1 aromatic carbocycles. The molecule has 0 spiro atoms. The highest BCUT2D eigenvalue weighted by atomic mass is 79.9. The molecular weight excluding hydrogens is 440 g/mol. The second-order valence-corrected chi connectivity index (χ2v) is 7.52. The molecule has 8 nitrogen and oxygen atoms in total. The van der Waals surface area contributed by atoms with Crippen molar-refractivity contribution >= 4 is 27.8 Å². The Labute approximate surface area is 178 Å². The SMILES string of the molecule is COc1cc(CCC(=O)N2CCN(c3ncc(Br)cn3)CC2)cc(OC)c1OC. The van der Waals surface area contributed by atoms with E-state index < -0.39 is 0 Å². The van der Waals surface area contributed by atoms with Gasteiger partial charge in [-0.05, 0) is 40.0 Å². The Kier molecular flexibility index (Phi) is 7.13. The zero-order valence-electron chi connectivity index (χ0n) is 16.9. The number of halogens is 1.